The summed E-state index contributed by atoms with van der Waals surface area (Å²) in [7, 11) is 0. The highest BCUT2D eigenvalue weighted by Gasteiger charge is 2.47. The number of benzene rings is 2. The zero-order chi connectivity index (χ0) is 18.6. The standard InChI is InChI=1S/C19H19FN2O3S/c20-16-9-5-4-8-15(16)19(12-25-11-14(19)10-23)22-18(26)21-17(24)13-6-2-1-3-7-13/h1-9,14,23H,10-12H2,(H2,21,22,24,26)/t14-,19-/m0/s1. The first-order valence-electron chi connectivity index (χ1n) is 8.19. The largest absolute Gasteiger partial charge is 0.396 e. The Balaban J connectivity index is 1.84. The maximum absolute atomic E-state index is 14.5. The summed E-state index contributed by atoms with van der Waals surface area (Å²) in [5.74, 6) is -1.21. The molecule has 136 valence electrons. The van der Waals surface area contributed by atoms with Crippen LogP contribution >= 0.6 is 12.2 Å². The quantitative estimate of drug-likeness (QED) is 0.714. The molecule has 0 bridgehead atoms. The van der Waals surface area contributed by atoms with Gasteiger partial charge in [0.2, 0.25) is 0 Å². The van der Waals surface area contributed by atoms with Crippen molar-refractivity contribution in [2.45, 2.75) is 5.54 Å². The Kier molecular flexibility index (Phi) is 5.61. The summed E-state index contributed by atoms with van der Waals surface area (Å²) in [5, 5.41) is 15.4. The molecular weight excluding hydrogens is 355 g/mol. The van der Waals surface area contributed by atoms with Crippen molar-refractivity contribution >= 4 is 23.2 Å². The van der Waals surface area contributed by atoms with E-state index in [1.165, 1.54) is 6.07 Å². The van der Waals surface area contributed by atoms with Crippen molar-refractivity contribution in [3.8, 4) is 0 Å². The molecule has 2 atom stereocenters. The van der Waals surface area contributed by atoms with Crippen LogP contribution in [0.2, 0.25) is 0 Å². The van der Waals surface area contributed by atoms with Crippen molar-refractivity contribution in [2.75, 3.05) is 19.8 Å². The second-order valence-corrected chi connectivity index (χ2v) is 6.53. The van der Waals surface area contributed by atoms with Gasteiger partial charge in [0.25, 0.3) is 5.91 Å². The fourth-order valence-corrected chi connectivity index (χ4v) is 3.43. The van der Waals surface area contributed by atoms with Crippen LogP contribution in [-0.2, 0) is 10.3 Å². The average molecular weight is 374 g/mol. The van der Waals surface area contributed by atoms with Crippen LogP contribution < -0.4 is 10.6 Å². The Hall–Kier alpha value is -2.35. The number of nitrogens with one attached hydrogen (secondary N) is 2. The Morgan fingerprint density at radius 2 is 1.92 bits per heavy atom. The summed E-state index contributed by atoms with van der Waals surface area (Å²) in [6.07, 6.45) is 0. The molecule has 7 heteroatoms. The lowest BCUT2D eigenvalue weighted by atomic mass is 9.80. The molecule has 0 spiro atoms. The summed E-state index contributed by atoms with van der Waals surface area (Å²) >= 11 is 5.28. The van der Waals surface area contributed by atoms with Crippen molar-refractivity contribution in [3.63, 3.8) is 0 Å². The van der Waals surface area contributed by atoms with Crippen LogP contribution in [0.25, 0.3) is 0 Å². The molecule has 1 fully saturated rings. The summed E-state index contributed by atoms with van der Waals surface area (Å²) in [6.45, 7) is 0.171. The van der Waals surface area contributed by atoms with Gasteiger partial charge in [-0.3, -0.25) is 10.1 Å². The van der Waals surface area contributed by atoms with E-state index in [1.54, 1.807) is 42.5 Å². The van der Waals surface area contributed by atoms with Crippen molar-refractivity contribution in [1.82, 2.24) is 10.6 Å². The molecule has 2 aromatic carbocycles. The number of amides is 1. The number of hydrogen-bond acceptors (Lipinski definition) is 4. The SMILES string of the molecule is O=C(NC(=S)N[C@@]1(c2ccccc2F)COC[C@@H]1CO)c1ccccc1. The summed E-state index contributed by atoms with van der Waals surface area (Å²) in [6, 6.07) is 14.9. The predicted octanol–water partition coefficient (Wildman–Crippen LogP) is 1.96. The Bertz CT molecular complexity index is 802. The minimum absolute atomic E-state index is 0.0473. The molecule has 0 aromatic heterocycles. The van der Waals surface area contributed by atoms with Gasteiger partial charge in [-0.05, 0) is 30.4 Å². The number of aliphatic hydroxyl groups is 1. The molecular formula is C19H19FN2O3S. The normalized spacial score (nSPS) is 22.0. The highest BCUT2D eigenvalue weighted by molar-refractivity contribution is 7.80. The number of aliphatic hydroxyl groups excluding tert-OH is 1. The van der Waals surface area contributed by atoms with Crippen LogP contribution in [-0.4, -0.2) is 35.9 Å². The number of carbonyl (C=O) groups is 1. The molecule has 0 aliphatic carbocycles. The first-order chi connectivity index (χ1) is 12.6. The minimum Gasteiger partial charge on any atom is -0.396 e. The molecule has 1 amide bonds. The van der Waals surface area contributed by atoms with Gasteiger partial charge in [-0.2, -0.15) is 0 Å². The van der Waals surface area contributed by atoms with Crippen LogP contribution in [0.4, 0.5) is 4.39 Å². The lowest BCUT2D eigenvalue weighted by Crippen LogP contribution is -2.56. The number of ether oxygens (including phenoxy) is 1. The molecule has 0 unspecified atom stereocenters. The van der Waals surface area contributed by atoms with Gasteiger partial charge in [-0.1, -0.05) is 36.4 Å². The predicted molar refractivity (Wildman–Crippen MR) is 99.1 cm³/mol. The highest BCUT2D eigenvalue weighted by Crippen LogP contribution is 2.36. The average Bonchev–Trinajstić information content (AvgIpc) is 3.05. The topological polar surface area (TPSA) is 70.6 Å². The highest BCUT2D eigenvalue weighted by atomic mass is 32.1. The van der Waals surface area contributed by atoms with Crippen LogP contribution in [0.1, 0.15) is 15.9 Å². The number of carbonyl (C=O) groups excluding carboxylic acids is 1. The number of hydrogen-bond donors (Lipinski definition) is 3. The smallest absolute Gasteiger partial charge is 0.257 e. The fraction of sp³-hybridized carbons (Fsp3) is 0.263. The van der Waals surface area contributed by atoms with E-state index in [2.05, 4.69) is 10.6 Å². The minimum atomic E-state index is -1.05. The van der Waals surface area contributed by atoms with Crippen molar-refractivity contribution in [3.05, 3.63) is 71.5 Å². The van der Waals surface area contributed by atoms with E-state index in [1.807, 2.05) is 6.07 Å². The van der Waals surface area contributed by atoms with Crippen LogP contribution in [0, 0.1) is 11.7 Å². The molecule has 5 nitrogen and oxygen atoms in total. The monoisotopic (exact) mass is 374 g/mol. The number of thiocarbonyl (C=S) groups is 1. The Morgan fingerprint density at radius 3 is 2.62 bits per heavy atom. The van der Waals surface area contributed by atoms with Gasteiger partial charge < -0.3 is 15.2 Å². The summed E-state index contributed by atoms with van der Waals surface area (Å²) in [4.78, 5) is 12.3. The third kappa shape index (κ3) is 3.60. The van der Waals surface area contributed by atoms with Crippen LogP contribution in [0.5, 0.6) is 0 Å². The van der Waals surface area contributed by atoms with E-state index in [4.69, 9.17) is 17.0 Å². The van der Waals surface area contributed by atoms with E-state index in [-0.39, 0.29) is 30.8 Å². The lowest BCUT2D eigenvalue weighted by Gasteiger charge is -2.35. The Labute approximate surface area is 156 Å². The lowest BCUT2D eigenvalue weighted by molar-refractivity contribution is 0.0974. The van der Waals surface area contributed by atoms with Crippen molar-refractivity contribution in [2.24, 2.45) is 5.92 Å². The maximum atomic E-state index is 14.5. The second-order valence-electron chi connectivity index (χ2n) is 6.12. The van der Waals surface area contributed by atoms with E-state index in [9.17, 15) is 14.3 Å². The molecule has 3 N–H and O–H groups in total. The van der Waals surface area contributed by atoms with Gasteiger partial charge in [0.15, 0.2) is 5.11 Å². The van der Waals surface area contributed by atoms with E-state index >= 15 is 0 Å². The fourth-order valence-electron chi connectivity index (χ4n) is 3.16. The first-order valence-corrected chi connectivity index (χ1v) is 8.60. The molecule has 2 aromatic rings. The van der Waals surface area contributed by atoms with E-state index < -0.39 is 17.3 Å². The van der Waals surface area contributed by atoms with Gasteiger partial charge >= 0.3 is 0 Å². The van der Waals surface area contributed by atoms with Gasteiger partial charge in [0.05, 0.1) is 25.4 Å². The van der Waals surface area contributed by atoms with Crippen molar-refractivity contribution in [1.29, 1.82) is 0 Å². The van der Waals surface area contributed by atoms with E-state index in [0.717, 1.165) is 0 Å². The zero-order valence-corrected chi connectivity index (χ0v) is 14.8. The summed E-state index contributed by atoms with van der Waals surface area (Å²) < 4.78 is 20.0. The molecule has 1 heterocycles. The molecule has 1 aliphatic heterocycles. The number of rotatable bonds is 4. The molecule has 1 aliphatic rings. The van der Waals surface area contributed by atoms with Gasteiger partial charge in [-0.15, -0.1) is 0 Å². The van der Waals surface area contributed by atoms with Gasteiger partial charge in [0.1, 0.15) is 5.82 Å². The maximum Gasteiger partial charge on any atom is 0.257 e. The second kappa shape index (κ2) is 7.90. The van der Waals surface area contributed by atoms with Gasteiger partial charge in [0, 0.05) is 17.0 Å². The van der Waals surface area contributed by atoms with Crippen molar-refractivity contribution < 1.29 is 19.0 Å². The number of halogens is 1. The molecule has 26 heavy (non-hydrogen) atoms. The van der Waals surface area contributed by atoms with Gasteiger partial charge in [-0.25, -0.2) is 4.39 Å². The Morgan fingerprint density at radius 1 is 1.23 bits per heavy atom. The van der Waals surface area contributed by atoms with Crippen LogP contribution in [0.3, 0.4) is 0 Å². The van der Waals surface area contributed by atoms with E-state index in [0.29, 0.717) is 11.1 Å². The summed E-state index contributed by atoms with van der Waals surface area (Å²) in [5.41, 5.74) is -0.257. The third-order valence-electron chi connectivity index (χ3n) is 4.52. The zero-order valence-electron chi connectivity index (χ0n) is 13.9. The molecule has 0 saturated carbocycles. The van der Waals surface area contributed by atoms with Crippen LogP contribution in [0.15, 0.2) is 54.6 Å². The molecule has 0 radical (unpaired) electrons. The molecule has 1 saturated heterocycles. The first kappa shape index (κ1) is 18.4. The third-order valence-corrected chi connectivity index (χ3v) is 4.72. The molecule has 3 rings (SSSR count).